The number of ether oxygens (including phenoxy) is 5. The maximum Gasteiger partial charge on any atom is 0.309 e. The smallest absolute Gasteiger partial charge is 0.309 e. The summed E-state index contributed by atoms with van der Waals surface area (Å²) < 4.78 is 28.4. The van der Waals surface area contributed by atoms with Crippen molar-refractivity contribution in [1.82, 2.24) is 9.88 Å². The van der Waals surface area contributed by atoms with Crippen LogP contribution in [0, 0.1) is 11.8 Å². The Morgan fingerprint density at radius 3 is 2.58 bits per heavy atom. The van der Waals surface area contributed by atoms with Crippen LogP contribution >= 0.6 is 0 Å². The third-order valence-electron chi connectivity index (χ3n) is 8.93. The van der Waals surface area contributed by atoms with Gasteiger partial charge in [0.2, 0.25) is 0 Å². The van der Waals surface area contributed by atoms with Crippen molar-refractivity contribution in [3.8, 4) is 0 Å². The number of hydrogen-bond donors (Lipinski definition) is 1. The molecule has 6 unspecified atom stereocenters. The molecule has 1 N–H and O–H groups in total. The van der Waals surface area contributed by atoms with Crippen molar-refractivity contribution >= 4 is 22.8 Å². The van der Waals surface area contributed by atoms with Gasteiger partial charge in [-0.05, 0) is 75.1 Å². The van der Waals surface area contributed by atoms with Crippen molar-refractivity contribution in [3.05, 3.63) is 42.1 Å². The maximum absolute atomic E-state index is 13.1. The minimum Gasteiger partial charge on any atom is -0.463 e. The molecule has 1 fully saturated rings. The number of esters is 2. The number of carbonyl (C=O) groups is 2. The Morgan fingerprint density at radius 1 is 1.11 bits per heavy atom. The Balaban J connectivity index is 1.80. The van der Waals surface area contributed by atoms with Crippen LogP contribution in [0.3, 0.4) is 0 Å². The van der Waals surface area contributed by atoms with E-state index in [9.17, 15) is 14.7 Å². The first kappa shape index (κ1) is 36.8. The van der Waals surface area contributed by atoms with Crippen LogP contribution in [-0.4, -0.2) is 98.6 Å². The summed E-state index contributed by atoms with van der Waals surface area (Å²) in [4.78, 5) is 32.2. The van der Waals surface area contributed by atoms with Crippen molar-refractivity contribution in [1.29, 1.82) is 0 Å². The summed E-state index contributed by atoms with van der Waals surface area (Å²) in [5.41, 5.74) is 2.25. The highest BCUT2D eigenvalue weighted by Crippen LogP contribution is 2.29. The summed E-state index contributed by atoms with van der Waals surface area (Å²) >= 11 is 0. The van der Waals surface area contributed by atoms with Gasteiger partial charge in [0.25, 0.3) is 0 Å². The standard InChI is InChI=1S/C35H54N2O8/c1-7-33(39)45-32-22-34(40)44-25(3)15-18-37(17-10-11-27-14-16-36-29-13-9-8-12-28(27)29)23-30(38)24(2)19-26(20-31(32)41-4)21-35(42-5)43-6/h8-9,12-14,16,24-26,30-32,35,38H,7,10-11,15,17-23H2,1-6H3. The van der Waals surface area contributed by atoms with Crippen molar-refractivity contribution in [2.24, 2.45) is 11.8 Å². The van der Waals surface area contributed by atoms with E-state index in [2.05, 4.69) is 28.9 Å². The van der Waals surface area contributed by atoms with E-state index in [1.807, 2.05) is 31.3 Å². The molecule has 1 aromatic carbocycles. The minimum atomic E-state index is -0.792. The van der Waals surface area contributed by atoms with E-state index < -0.39 is 36.5 Å². The number of benzene rings is 1. The monoisotopic (exact) mass is 630 g/mol. The molecule has 2 aromatic rings. The van der Waals surface area contributed by atoms with Crippen LogP contribution in [0.15, 0.2) is 36.5 Å². The molecule has 2 heterocycles. The maximum atomic E-state index is 13.1. The molecule has 0 radical (unpaired) electrons. The van der Waals surface area contributed by atoms with Crippen LogP contribution in [-0.2, 0) is 39.7 Å². The van der Waals surface area contributed by atoms with Crippen LogP contribution in [0.4, 0.5) is 0 Å². The van der Waals surface area contributed by atoms with Gasteiger partial charge in [-0.1, -0.05) is 32.0 Å². The van der Waals surface area contributed by atoms with Gasteiger partial charge in [0.1, 0.15) is 12.2 Å². The van der Waals surface area contributed by atoms with Crippen LogP contribution < -0.4 is 0 Å². The van der Waals surface area contributed by atoms with Crippen LogP contribution in [0.25, 0.3) is 10.9 Å². The normalized spacial score (nSPS) is 26.3. The number of aryl methyl sites for hydroxylation is 1. The second-order valence-corrected chi connectivity index (χ2v) is 12.4. The molecular weight excluding hydrogens is 576 g/mol. The van der Waals surface area contributed by atoms with Gasteiger partial charge in [-0.25, -0.2) is 0 Å². The lowest BCUT2D eigenvalue weighted by Crippen LogP contribution is -2.39. The third-order valence-corrected chi connectivity index (χ3v) is 8.93. The lowest BCUT2D eigenvalue weighted by atomic mass is 9.84. The van der Waals surface area contributed by atoms with Crippen molar-refractivity contribution < 1.29 is 38.4 Å². The molecule has 0 bridgehead atoms. The number of aromatic nitrogens is 1. The quantitative estimate of drug-likeness (QED) is 0.271. The lowest BCUT2D eigenvalue weighted by Gasteiger charge is -2.33. The first-order valence-electron chi connectivity index (χ1n) is 16.4. The SMILES string of the molecule is CCC(=O)OC1CC(=O)OC(C)CCN(CCCc2ccnc3ccccc23)CC(O)C(C)CC(CC(OC)OC)CC1OC. The molecule has 1 aliphatic rings. The predicted octanol–water partition coefficient (Wildman–Crippen LogP) is 4.93. The number of aliphatic hydroxyl groups is 1. The van der Waals surface area contributed by atoms with E-state index in [0.717, 1.165) is 24.9 Å². The summed E-state index contributed by atoms with van der Waals surface area (Å²) in [6, 6.07) is 10.3. The molecule has 0 spiro atoms. The number of hydrogen-bond acceptors (Lipinski definition) is 10. The number of β-amino-alcohol motifs (C(OH)–C–C–N with tert-alkyl or cyclic N) is 1. The predicted molar refractivity (Wildman–Crippen MR) is 173 cm³/mol. The second kappa shape index (κ2) is 19.1. The molecule has 0 saturated carbocycles. The molecule has 1 aliphatic heterocycles. The van der Waals surface area contributed by atoms with Gasteiger partial charge >= 0.3 is 11.9 Å². The van der Waals surface area contributed by atoms with Crippen molar-refractivity contribution in [2.75, 3.05) is 41.0 Å². The fourth-order valence-corrected chi connectivity index (χ4v) is 6.23. The van der Waals surface area contributed by atoms with E-state index in [1.165, 1.54) is 10.9 Å². The van der Waals surface area contributed by atoms with Gasteiger partial charge in [0.15, 0.2) is 6.29 Å². The largest absolute Gasteiger partial charge is 0.463 e. The molecule has 1 aromatic heterocycles. The number of pyridine rings is 1. The van der Waals surface area contributed by atoms with Gasteiger partial charge < -0.3 is 33.7 Å². The van der Waals surface area contributed by atoms with Crippen LogP contribution in [0.5, 0.6) is 0 Å². The molecule has 3 rings (SSSR count). The van der Waals surface area contributed by atoms with Crippen molar-refractivity contribution in [3.63, 3.8) is 0 Å². The van der Waals surface area contributed by atoms with Gasteiger partial charge in [0.05, 0.1) is 24.1 Å². The van der Waals surface area contributed by atoms with Gasteiger partial charge in [-0.15, -0.1) is 0 Å². The topological polar surface area (TPSA) is 117 Å². The van der Waals surface area contributed by atoms with E-state index in [0.29, 0.717) is 38.8 Å². The Morgan fingerprint density at radius 2 is 1.87 bits per heavy atom. The van der Waals surface area contributed by atoms with E-state index in [4.69, 9.17) is 23.7 Å². The molecule has 1 saturated heterocycles. The highest BCUT2D eigenvalue weighted by molar-refractivity contribution is 5.81. The highest BCUT2D eigenvalue weighted by Gasteiger charge is 2.34. The summed E-state index contributed by atoms with van der Waals surface area (Å²) in [5, 5.41) is 12.6. The Hall–Kier alpha value is -2.63. The summed E-state index contributed by atoms with van der Waals surface area (Å²) in [6.07, 6.45) is 3.40. The van der Waals surface area contributed by atoms with E-state index in [1.54, 1.807) is 28.3 Å². The second-order valence-electron chi connectivity index (χ2n) is 12.4. The van der Waals surface area contributed by atoms with Gasteiger partial charge in [-0.3, -0.25) is 14.6 Å². The zero-order valence-electron chi connectivity index (χ0n) is 28.0. The molecule has 6 atom stereocenters. The minimum absolute atomic E-state index is 0.000761. The number of fused-ring (bicyclic) bond motifs is 1. The Kier molecular flexibility index (Phi) is 15.7. The molecular formula is C35H54N2O8. The first-order chi connectivity index (χ1) is 21.7. The summed E-state index contributed by atoms with van der Waals surface area (Å²) in [7, 11) is 4.76. The van der Waals surface area contributed by atoms with E-state index in [-0.39, 0.29) is 30.8 Å². The first-order valence-corrected chi connectivity index (χ1v) is 16.4. The number of para-hydroxylation sites is 1. The molecule has 0 amide bonds. The number of carbonyl (C=O) groups excluding carboxylic acids is 2. The number of rotatable bonds is 11. The highest BCUT2D eigenvalue weighted by atomic mass is 16.7. The summed E-state index contributed by atoms with van der Waals surface area (Å²) in [5.74, 6) is -0.865. The Bertz CT molecular complexity index is 1170. The molecule has 45 heavy (non-hydrogen) atoms. The Labute approximate surface area is 268 Å². The number of cyclic esters (lactones) is 1. The van der Waals surface area contributed by atoms with Gasteiger partial charge in [-0.2, -0.15) is 0 Å². The molecule has 10 heteroatoms. The molecule has 10 nitrogen and oxygen atoms in total. The summed E-state index contributed by atoms with van der Waals surface area (Å²) in [6.45, 7) is 7.63. The fourth-order valence-electron chi connectivity index (χ4n) is 6.23. The van der Waals surface area contributed by atoms with Crippen LogP contribution in [0.2, 0.25) is 0 Å². The average molecular weight is 631 g/mol. The van der Waals surface area contributed by atoms with Crippen LogP contribution in [0.1, 0.15) is 71.3 Å². The number of methoxy groups -OCH3 is 3. The third kappa shape index (κ3) is 11.9. The van der Waals surface area contributed by atoms with Crippen molar-refractivity contribution in [2.45, 2.75) is 103 Å². The zero-order chi connectivity index (χ0) is 32.8. The average Bonchev–Trinajstić information content (AvgIpc) is 3.03. The van der Waals surface area contributed by atoms with E-state index >= 15 is 0 Å². The number of aliphatic hydroxyl groups excluding tert-OH is 1. The molecule has 0 aliphatic carbocycles. The van der Waals surface area contributed by atoms with Gasteiger partial charge in [0, 0.05) is 58.8 Å². The lowest BCUT2D eigenvalue weighted by molar-refractivity contribution is -0.166. The number of nitrogens with zero attached hydrogens (tertiary/aromatic N) is 2. The molecule has 252 valence electrons. The zero-order valence-corrected chi connectivity index (χ0v) is 28.0. The fraction of sp³-hybridized carbons (Fsp3) is 0.686.